The normalized spacial score (nSPS) is 12.5. The summed E-state index contributed by atoms with van der Waals surface area (Å²) in [5, 5.41) is 2.90. The molecule has 0 saturated carbocycles. The maximum absolute atomic E-state index is 12.5. The van der Waals surface area contributed by atoms with E-state index in [1.165, 1.54) is 0 Å². The van der Waals surface area contributed by atoms with Crippen LogP contribution in [0.5, 0.6) is 0 Å². The Hall–Kier alpha value is -2.34. The van der Waals surface area contributed by atoms with Crippen molar-refractivity contribution in [2.75, 3.05) is 17.1 Å². The maximum Gasteiger partial charge on any atom is 0.241 e. The van der Waals surface area contributed by atoms with Crippen molar-refractivity contribution in [1.29, 1.82) is 0 Å². The van der Waals surface area contributed by atoms with Crippen LogP contribution in [0.15, 0.2) is 42.5 Å². The fourth-order valence-electron chi connectivity index (χ4n) is 2.99. The van der Waals surface area contributed by atoms with E-state index in [0.717, 1.165) is 32.8 Å². The number of benzene rings is 2. The van der Waals surface area contributed by atoms with Crippen LogP contribution in [0.2, 0.25) is 0 Å². The lowest BCUT2D eigenvalue weighted by Gasteiger charge is -2.24. The number of hydrogen-bond acceptors (Lipinski definition) is 3. The molecule has 1 amide bonds. The molecule has 0 aliphatic heterocycles. The van der Waals surface area contributed by atoms with Crippen LogP contribution in [0.1, 0.15) is 35.2 Å². The minimum atomic E-state index is -3.57. The molecule has 2 rings (SSSR count). The van der Waals surface area contributed by atoms with Crippen molar-refractivity contribution in [2.24, 2.45) is 0 Å². The summed E-state index contributed by atoms with van der Waals surface area (Å²) < 4.78 is 25.5. The van der Waals surface area contributed by atoms with Crippen molar-refractivity contribution in [3.05, 3.63) is 64.7 Å². The van der Waals surface area contributed by atoms with Crippen molar-refractivity contribution in [3.63, 3.8) is 0 Å². The van der Waals surface area contributed by atoms with Crippen molar-refractivity contribution in [2.45, 2.75) is 33.7 Å². The third kappa shape index (κ3) is 5.08. The largest absolute Gasteiger partial charge is 0.348 e. The summed E-state index contributed by atoms with van der Waals surface area (Å²) in [4.78, 5) is 12.5. The van der Waals surface area contributed by atoms with Gasteiger partial charge in [-0.25, -0.2) is 8.42 Å². The standard InChI is InChI=1S/C20H26N2O3S/c1-14-7-6-8-18(12-14)22(26(5,24)25)13-20(23)21-17(4)19-10-9-15(2)11-16(19)3/h6-12,17H,13H2,1-5H3,(H,21,23)/t17-/m0/s1. The number of rotatable bonds is 6. The fraction of sp³-hybridized carbons (Fsp3) is 0.350. The van der Waals surface area contributed by atoms with Gasteiger partial charge in [-0.2, -0.15) is 0 Å². The molecule has 6 heteroatoms. The second-order valence-electron chi connectivity index (χ2n) is 6.76. The Morgan fingerprint density at radius 1 is 1.08 bits per heavy atom. The summed E-state index contributed by atoms with van der Waals surface area (Å²) in [6, 6.07) is 12.9. The van der Waals surface area contributed by atoms with Crippen LogP contribution in [-0.2, 0) is 14.8 Å². The topological polar surface area (TPSA) is 66.5 Å². The molecule has 0 fully saturated rings. The maximum atomic E-state index is 12.5. The summed E-state index contributed by atoms with van der Waals surface area (Å²) in [6.07, 6.45) is 1.11. The molecule has 2 aromatic carbocycles. The number of carbonyl (C=O) groups is 1. The van der Waals surface area contributed by atoms with Crippen molar-refractivity contribution in [3.8, 4) is 0 Å². The number of nitrogens with one attached hydrogen (secondary N) is 1. The van der Waals surface area contributed by atoms with E-state index >= 15 is 0 Å². The lowest BCUT2D eigenvalue weighted by molar-refractivity contribution is -0.120. The molecule has 1 N–H and O–H groups in total. The van der Waals surface area contributed by atoms with Gasteiger partial charge in [0.15, 0.2) is 0 Å². The average Bonchev–Trinajstić information content (AvgIpc) is 2.51. The summed E-state index contributed by atoms with van der Waals surface area (Å²) in [7, 11) is -3.57. The molecule has 5 nitrogen and oxygen atoms in total. The van der Waals surface area contributed by atoms with Gasteiger partial charge in [-0.1, -0.05) is 35.9 Å². The zero-order chi connectivity index (χ0) is 19.5. The van der Waals surface area contributed by atoms with Gasteiger partial charge >= 0.3 is 0 Å². The summed E-state index contributed by atoms with van der Waals surface area (Å²) >= 11 is 0. The first-order valence-electron chi connectivity index (χ1n) is 8.49. The zero-order valence-electron chi connectivity index (χ0n) is 15.9. The van der Waals surface area contributed by atoms with Crippen LogP contribution < -0.4 is 9.62 Å². The van der Waals surface area contributed by atoms with Crippen LogP contribution in [0, 0.1) is 20.8 Å². The second-order valence-corrected chi connectivity index (χ2v) is 8.66. The van der Waals surface area contributed by atoms with Crippen LogP contribution in [0.4, 0.5) is 5.69 Å². The molecule has 0 heterocycles. The second kappa shape index (κ2) is 7.91. The predicted octanol–water partition coefficient (Wildman–Crippen LogP) is 3.26. The molecule has 0 aromatic heterocycles. The minimum absolute atomic E-state index is 0.206. The molecule has 0 spiro atoms. The van der Waals surface area contributed by atoms with Gasteiger partial charge in [0.05, 0.1) is 18.0 Å². The summed E-state index contributed by atoms with van der Waals surface area (Å²) in [6.45, 7) is 7.54. The Labute approximate surface area is 156 Å². The van der Waals surface area contributed by atoms with E-state index < -0.39 is 10.0 Å². The molecular formula is C20H26N2O3S. The van der Waals surface area contributed by atoms with Crippen LogP contribution in [0.25, 0.3) is 0 Å². The minimum Gasteiger partial charge on any atom is -0.348 e. The predicted molar refractivity (Wildman–Crippen MR) is 106 cm³/mol. The third-order valence-corrected chi connectivity index (χ3v) is 5.39. The monoisotopic (exact) mass is 374 g/mol. The van der Waals surface area contributed by atoms with Gasteiger partial charge in [0.25, 0.3) is 0 Å². The van der Waals surface area contributed by atoms with E-state index in [0.29, 0.717) is 5.69 Å². The Bertz CT molecular complexity index is 907. The Morgan fingerprint density at radius 2 is 1.73 bits per heavy atom. The van der Waals surface area contributed by atoms with Gasteiger partial charge < -0.3 is 5.32 Å². The van der Waals surface area contributed by atoms with Gasteiger partial charge in [0.1, 0.15) is 6.54 Å². The quantitative estimate of drug-likeness (QED) is 0.844. The number of sulfonamides is 1. The summed E-state index contributed by atoms with van der Waals surface area (Å²) in [5.74, 6) is -0.343. The highest BCUT2D eigenvalue weighted by Gasteiger charge is 2.22. The molecule has 1 atom stereocenters. The van der Waals surface area contributed by atoms with Gasteiger partial charge in [-0.05, 0) is 56.5 Å². The van der Waals surface area contributed by atoms with Crippen molar-refractivity contribution < 1.29 is 13.2 Å². The molecule has 0 aliphatic rings. The molecular weight excluding hydrogens is 348 g/mol. The highest BCUT2D eigenvalue weighted by Crippen LogP contribution is 2.20. The van der Waals surface area contributed by atoms with E-state index in [1.54, 1.807) is 18.2 Å². The lowest BCUT2D eigenvalue weighted by Crippen LogP contribution is -2.41. The number of nitrogens with zero attached hydrogens (tertiary/aromatic N) is 1. The fourth-order valence-corrected chi connectivity index (χ4v) is 3.84. The average molecular weight is 375 g/mol. The molecule has 140 valence electrons. The van der Waals surface area contributed by atoms with Crippen LogP contribution in [-0.4, -0.2) is 27.1 Å². The van der Waals surface area contributed by atoms with E-state index in [4.69, 9.17) is 0 Å². The lowest BCUT2D eigenvalue weighted by atomic mass is 10.0. The summed E-state index contributed by atoms with van der Waals surface area (Å²) in [5.41, 5.74) is 4.69. The molecule has 0 saturated heterocycles. The van der Waals surface area contributed by atoms with Crippen LogP contribution in [0.3, 0.4) is 0 Å². The van der Waals surface area contributed by atoms with Crippen molar-refractivity contribution >= 4 is 21.6 Å². The first-order chi connectivity index (χ1) is 12.1. The number of carbonyl (C=O) groups excluding carboxylic acids is 1. The van der Waals surface area contributed by atoms with E-state index in [2.05, 4.69) is 11.4 Å². The third-order valence-electron chi connectivity index (χ3n) is 4.25. The number of aryl methyl sites for hydroxylation is 3. The number of amides is 1. The smallest absolute Gasteiger partial charge is 0.241 e. The first kappa shape index (κ1) is 20.0. The van der Waals surface area contributed by atoms with E-state index in [-0.39, 0.29) is 18.5 Å². The van der Waals surface area contributed by atoms with Crippen LogP contribution >= 0.6 is 0 Å². The molecule has 0 aliphatic carbocycles. The van der Waals surface area contributed by atoms with E-state index in [9.17, 15) is 13.2 Å². The first-order valence-corrected chi connectivity index (χ1v) is 10.3. The van der Waals surface area contributed by atoms with Crippen molar-refractivity contribution in [1.82, 2.24) is 5.32 Å². The molecule has 2 aromatic rings. The van der Waals surface area contributed by atoms with Gasteiger partial charge in [-0.3, -0.25) is 9.10 Å². The number of hydrogen-bond donors (Lipinski definition) is 1. The highest BCUT2D eigenvalue weighted by atomic mass is 32.2. The molecule has 0 unspecified atom stereocenters. The highest BCUT2D eigenvalue weighted by molar-refractivity contribution is 7.92. The van der Waals surface area contributed by atoms with Gasteiger partial charge in [0, 0.05) is 0 Å². The zero-order valence-corrected chi connectivity index (χ0v) is 16.7. The molecule has 26 heavy (non-hydrogen) atoms. The molecule has 0 radical (unpaired) electrons. The molecule has 0 bridgehead atoms. The Kier molecular flexibility index (Phi) is 6.08. The van der Waals surface area contributed by atoms with Gasteiger partial charge in [-0.15, -0.1) is 0 Å². The Balaban J connectivity index is 2.17. The van der Waals surface area contributed by atoms with E-state index in [1.807, 2.05) is 45.9 Å². The Morgan fingerprint density at radius 3 is 2.31 bits per heavy atom. The van der Waals surface area contributed by atoms with Gasteiger partial charge in [0.2, 0.25) is 15.9 Å². The number of anilines is 1. The SMILES string of the molecule is Cc1cccc(N(CC(=O)N[C@@H](C)c2ccc(C)cc2C)S(C)(=O)=O)c1.